The van der Waals surface area contributed by atoms with Gasteiger partial charge in [0, 0.05) is 17.7 Å². The molecule has 10 heteroatoms. The zero-order valence-corrected chi connectivity index (χ0v) is 20.9. The number of carbonyl (C=O) groups is 1. The Morgan fingerprint density at radius 1 is 1.12 bits per heavy atom. The minimum Gasteiger partial charge on any atom is -0.497 e. The van der Waals surface area contributed by atoms with E-state index in [-0.39, 0.29) is 22.5 Å². The molecule has 1 atom stereocenters. The molecular formula is C24H25N3O5S2. The fourth-order valence-corrected chi connectivity index (χ4v) is 5.50. The van der Waals surface area contributed by atoms with E-state index in [1.807, 2.05) is 12.1 Å². The molecule has 0 spiro atoms. The van der Waals surface area contributed by atoms with E-state index in [4.69, 9.17) is 19.2 Å². The van der Waals surface area contributed by atoms with Crippen molar-refractivity contribution in [3.63, 3.8) is 0 Å². The second kappa shape index (κ2) is 10.4. The van der Waals surface area contributed by atoms with Gasteiger partial charge < -0.3 is 19.5 Å². The van der Waals surface area contributed by atoms with Gasteiger partial charge in [-0.2, -0.15) is 0 Å². The van der Waals surface area contributed by atoms with Crippen LogP contribution in [-0.2, 0) is 11.2 Å². The van der Waals surface area contributed by atoms with Gasteiger partial charge in [0.2, 0.25) is 5.91 Å². The number of nitrogens with one attached hydrogen (secondary N) is 1. The van der Waals surface area contributed by atoms with Crippen molar-refractivity contribution < 1.29 is 19.0 Å². The molecule has 178 valence electrons. The van der Waals surface area contributed by atoms with Crippen molar-refractivity contribution in [3.05, 3.63) is 58.5 Å². The molecule has 2 aromatic carbocycles. The standard InChI is InChI=1S/C24H25N3O5S2/c1-14-11-19-22(34-14)23(29)27(15-5-7-16(30-2)8-6-15)24(26-19)33-13-21(28)25-18-10-9-17(31-3)12-20(18)32-4/h5-10,12,14H,11,13H2,1-4H3,(H,25,28). The normalized spacial score (nSPS) is 14.4. The van der Waals surface area contributed by atoms with Gasteiger partial charge in [-0.05, 0) is 36.4 Å². The van der Waals surface area contributed by atoms with Crippen LogP contribution in [0.3, 0.4) is 0 Å². The summed E-state index contributed by atoms with van der Waals surface area (Å²) in [6.07, 6.45) is 0.724. The Morgan fingerprint density at radius 3 is 2.50 bits per heavy atom. The second-order valence-corrected chi connectivity index (χ2v) is 9.94. The topological polar surface area (TPSA) is 91.7 Å². The van der Waals surface area contributed by atoms with E-state index in [2.05, 4.69) is 12.2 Å². The number of benzene rings is 2. The maximum atomic E-state index is 13.4. The van der Waals surface area contributed by atoms with Crippen molar-refractivity contribution in [3.8, 4) is 22.9 Å². The first-order valence-corrected chi connectivity index (χ1v) is 12.4. The summed E-state index contributed by atoms with van der Waals surface area (Å²) < 4.78 is 17.4. The highest BCUT2D eigenvalue weighted by atomic mass is 32.2. The van der Waals surface area contributed by atoms with E-state index >= 15 is 0 Å². The number of anilines is 1. The molecule has 0 saturated carbocycles. The van der Waals surface area contributed by atoms with Crippen LogP contribution in [0.1, 0.15) is 12.6 Å². The predicted octanol–water partition coefficient (Wildman–Crippen LogP) is 4.03. The predicted molar refractivity (Wildman–Crippen MR) is 134 cm³/mol. The summed E-state index contributed by atoms with van der Waals surface area (Å²) >= 11 is 2.76. The molecule has 1 N–H and O–H groups in total. The Hall–Kier alpha value is -3.11. The van der Waals surface area contributed by atoms with Gasteiger partial charge in [-0.1, -0.05) is 18.7 Å². The third kappa shape index (κ3) is 5.02. The SMILES string of the molecule is COc1ccc(-n2c(SCC(=O)Nc3ccc(OC)cc3OC)nc3c(c2=O)SC(C)C3)cc1. The largest absolute Gasteiger partial charge is 0.497 e. The molecule has 0 aliphatic carbocycles. The summed E-state index contributed by atoms with van der Waals surface area (Å²) in [6, 6.07) is 12.4. The van der Waals surface area contributed by atoms with Crippen LogP contribution in [0.2, 0.25) is 0 Å². The molecule has 1 unspecified atom stereocenters. The molecule has 1 aliphatic heterocycles. The number of hydrogen-bond donors (Lipinski definition) is 1. The number of hydrogen-bond acceptors (Lipinski definition) is 8. The molecule has 0 bridgehead atoms. The fraction of sp³-hybridized carbons (Fsp3) is 0.292. The first kappa shape index (κ1) is 24.0. The van der Waals surface area contributed by atoms with E-state index in [1.165, 1.54) is 18.9 Å². The van der Waals surface area contributed by atoms with Gasteiger partial charge in [-0.3, -0.25) is 14.2 Å². The third-order valence-electron chi connectivity index (χ3n) is 5.23. The average molecular weight is 500 g/mol. The molecule has 0 saturated heterocycles. The quantitative estimate of drug-likeness (QED) is 0.367. The van der Waals surface area contributed by atoms with Gasteiger partial charge in [0.15, 0.2) is 5.16 Å². The number of amides is 1. The molecule has 4 rings (SSSR count). The van der Waals surface area contributed by atoms with E-state index in [9.17, 15) is 9.59 Å². The number of methoxy groups -OCH3 is 3. The third-order valence-corrected chi connectivity index (χ3v) is 7.38. The van der Waals surface area contributed by atoms with Crippen LogP contribution in [0, 0.1) is 0 Å². The molecule has 3 aromatic rings. The summed E-state index contributed by atoms with van der Waals surface area (Å²) in [5, 5.41) is 3.61. The highest BCUT2D eigenvalue weighted by molar-refractivity contribution is 8.00. The average Bonchev–Trinajstić information content (AvgIpc) is 3.23. The van der Waals surface area contributed by atoms with Crippen LogP contribution in [0.4, 0.5) is 5.69 Å². The number of thioether (sulfide) groups is 2. The Balaban J connectivity index is 1.60. The number of nitrogens with zero attached hydrogens (tertiary/aromatic N) is 2. The highest BCUT2D eigenvalue weighted by Crippen LogP contribution is 2.35. The molecule has 1 aromatic heterocycles. The van der Waals surface area contributed by atoms with E-state index < -0.39 is 0 Å². The number of ether oxygens (including phenoxy) is 3. The molecule has 8 nitrogen and oxygen atoms in total. The van der Waals surface area contributed by atoms with E-state index in [1.54, 1.807) is 60.9 Å². The van der Waals surface area contributed by atoms with Gasteiger partial charge in [0.1, 0.15) is 17.2 Å². The first-order valence-electron chi connectivity index (χ1n) is 10.5. The summed E-state index contributed by atoms with van der Waals surface area (Å²) in [5.74, 6) is 1.64. The maximum Gasteiger partial charge on any atom is 0.272 e. The van der Waals surface area contributed by atoms with E-state index in [0.29, 0.717) is 38.7 Å². The monoisotopic (exact) mass is 499 g/mol. The Kier molecular flexibility index (Phi) is 7.38. The zero-order chi connectivity index (χ0) is 24.2. The molecule has 1 aliphatic rings. The van der Waals surface area contributed by atoms with Gasteiger partial charge in [-0.15, -0.1) is 11.8 Å². The molecule has 0 radical (unpaired) electrons. The smallest absolute Gasteiger partial charge is 0.272 e. The van der Waals surface area contributed by atoms with E-state index in [0.717, 1.165) is 12.1 Å². The Bertz CT molecular complexity index is 1260. The first-order chi connectivity index (χ1) is 16.4. The minimum atomic E-state index is -0.243. The summed E-state index contributed by atoms with van der Waals surface area (Å²) in [7, 11) is 4.68. The van der Waals surface area contributed by atoms with Crippen molar-refractivity contribution >= 4 is 35.1 Å². The number of fused-ring (bicyclic) bond motifs is 1. The molecule has 1 amide bonds. The Morgan fingerprint density at radius 2 is 1.82 bits per heavy atom. The lowest BCUT2D eigenvalue weighted by molar-refractivity contribution is -0.113. The van der Waals surface area contributed by atoms with Gasteiger partial charge >= 0.3 is 0 Å². The minimum absolute atomic E-state index is 0.0687. The van der Waals surface area contributed by atoms with Gasteiger partial charge in [-0.25, -0.2) is 4.98 Å². The highest BCUT2D eigenvalue weighted by Gasteiger charge is 2.27. The number of carbonyl (C=O) groups excluding carboxylic acids is 1. The van der Waals surface area contributed by atoms with Crippen LogP contribution >= 0.6 is 23.5 Å². The van der Waals surface area contributed by atoms with Crippen LogP contribution in [-0.4, -0.2) is 47.8 Å². The number of aromatic nitrogens is 2. The molecule has 0 fully saturated rings. The fourth-order valence-electron chi connectivity index (χ4n) is 3.57. The van der Waals surface area contributed by atoms with Gasteiger partial charge in [0.05, 0.1) is 49.0 Å². The number of rotatable bonds is 8. The second-order valence-electron chi connectivity index (χ2n) is 7.54. The summed E-state index contributed by atoms with van der Waals surface area (Å²) in [4.78, 5) is 31.6. The van der Waals surface area contributed by atoms with Crippen LogP contribution in [0.15, 0.2) is 57.3 Å². The van der Waals surface area contributed by atoms with Crippen molar-refractivity contribution in [2.24, 2.45) is 0 Å². The lowest BCUT2D eigenvalue weighted by atomic mass is 10.2. The van der Waals surface area contributed by atoms with Crippen molar-refractivity contribution in [2.75, 3.05) is 32.4 Å². The van der Waals surface area contributed by atoms with Gasteiger partial charge in [0.25, 0.3) is 5.56 Å². The maximum absolute atomic E-state index is 13.4. The Labute approximate surface area is 206 Å². The lowest BCUT2D eigenvalue weighted by Crippen LogP contribution is -2.24. The van der Waals surface area contributed by atoms with Crippen LogP contribution in [0.25, 0.3) is 5.69 Å². The van der Waals surface area contributed by atoms with Crippen molar-refractivity contribution in [2.45, 2.75) is 28.6 Å². The zero-order valence-electron chi connectivity index (χ0n) is 19.3. The molecular weight excluding hydrogens is 474 g/mol. The molecule has 34 heavy (non-hydrogen) atoms. The lowest BCUT2D eigenvalue weighted by Gasteiger charge is -2.15. The van der Waals surface area contributed by atoms with Crippen LogP contribution < -0.4 is 25.1 Å². The summed E-state index contributed by atoms with van der Waals surface area (Å²) in [5.41, 5.74) is 1.87. The van der Waals surface area contributed by atoms with Crippen LogP contribution in [0.5, 0.6) is 17.2 Å². The van der Waals surface area contributed by atoms with Crippen molar-refractivity contribution in [1.29, 1.82) is 0 Å². The van der Waals surface area contributed by atoms with Crippen molar-refractivity contribution in [1.82, 2.24) is 9.55 Å². The molecule has 2 heterocycles. The summed E-state index contributed by atoms with van der Waals surface area (Å²) in [6.45, 7) is 2.08.